The maximum absolute atomic E-state index is 5.91. The fourth-order valence-corrected chi connectivity index (χ4v) is 1.63. The van der Waals surface area contributed by atoms with Gasteiger partial charge < -0.3 is 0 Å². The Hall–Kier alpha value is -1.15. The summed E-state index contributed by atoms with van der Waals surface area (Å²) in [5, 5.41) is 1.45. The molecule has 0 unspecified atom stereocenters. The van der Waals surface area contributed by atoms with E-state index >= 15 is 0 Å². The summed E-state index contributed by atoms with van der Waals surface area (Å²) < 4.78 is 0. The minimum Gasteiger partial charge on any atom is -0.236 e. The van der Waals surface area contributed by atoms with E-state index in [0.717, 1.165) is 16.7 Å². The lowest BCUT2D eigenvalue weighted by Crippen LogP contribution is -2.16. The van der Waals surface area contributed by atoms with Crippen LogP contribution in [0.2, 0.25) is 5.02 Å². The fourth-order valence-electron chi connectivity index (χ4n) is 1.46. The predicted octanol–water partition coefficient (Wildman–Crippen LogP) is 3.64. The van der Waals surface area contributed by atoms with Crippen molar-refractivity contribution in [3.63, 3.8) is 0 Å². The first-order valence-corrected chi connectivity index (χ1v) is 5.49. The fraction of sp³-hybridized carbons (Fsp3) is 0.308. The van der Waals surface area contributed by atoms with Crippen LogP contribution < -0.4 is 0 Å². The third-order valence-corrected chi connectivity index (χ3v) is 2.59. The second kappa shape index (κ2) is 3.70. The van der Waals surface area contributed by atoms with Gasteiger partial charge in [0.1, 0.15) is 5.82 Å². The van der Waals surface area contributed by atoms with Gasteiger partial charge in [-0.25, -0.2) is 9.97 Å². The number of hydrogen-bond donors (Lipinski definition) is 0. The van der Waals surface area contributed by atoms with Crippen LogP contribution in [-0.4, -0.2) is 9.97 Å². The molecule has 0 N–H and O–H groups in total. The van der Waals surface area contributed by atoms with Gasteiger partial charge in [0.25, 0.3) is 0 Å². The number of hydrogen-bond acceptors (Lipinski definition) is 2. The third kappa shape index (κ3) is 2.03. The largest absolute Gasteiger partial charge is 0.236 e. The average molecular weight is 233 g/mol. The van der Waals surface area contributed by atoms with Crippen LogP contribution in [-0.2, 0) is 5.41 Å². The van der Waals surface area contributed by atoms with Crippen molar-refractivity contribution in [3.8, 4) is 0 Å². The quantitative estimate of drug-likeness (QED) is 0.693. The molecule has 2 radical (unpaired) electrons. The minimum absolute atomic E-state index is 0.109. The molecule has 0 amide bonds. The first kappa shape index (κ1) is 11.3. The van der Waals surface area contributed by atoms with Gasteiger partial charge in [0, 0.05) is 22.7 Å². The molecule has 3 heteroatoms. The average Bonchev–Trinajstić information content (AvgIpc) is 2.17. The molecular formula is C13H13ClN2. The SMILES string of the molecule is [CH]c1nc(C(C)(C)C)nc2ccc(Cl)cc12. The first-order chi connectivity index (χ1) is 7.38. The molecule has 1 heterocycles. The van der Waals surface area contributed by atoms with Crippen LogP contribution in [0.25, 0.3) is 10.9 Å². The number of aromatic nitrogens is 2. The van der Waals surface area contributed by atoms with Crippen LogP contribution in [0.15, 0.2) is 18.2 Å². The molecule has 16 heavy (non-hydrogen) atoms. The normalized spacial score (nSPS) is 12.1. The molecule has 0 bridgehead atoms. The first-order valence-electron chi connectivity index (χ1n) is 5.11. The van der Waals surface area contributed by atoms with Crippen LogP contribution in [0.4, 0.5) is 0 Å². The van der Waals surface area contributed by atoms with Crippen molar-refractivity contribution in [3.05, 3.63) is 41.7 Å². The van der Waals surface area contributed by atoms with E-state index in [1.54, 1.807) is 6.07 Å². The highest BCUT2D eigenvalue weighted by atomic mass is 35.5. The van der Waals surface area contributed by atoms with Crippen LogP contribution in [0.5, 0.6) is 0 Å². The molecule has 2 aromatic rings. The van der Waals surface area contributed by atoms with Gasteiger partial charge in [-0.15, -0.1) is 0 Å². The lowest BCUT2D eigenvalue weighted by Gasteiger charge is -2.17. The molecule has 0 spiro atoms. The van der Waals surface area contributed by atoms with Crippen molar-refractivity contribution < 1.29 is 0 Å². The van der Waals surface area contributed by atoms with Crippen LogP contribution in [0, 0.1) is 6.92 Å². The molecule has 2 nitrogen and oxygen atoms in total. The van der Waals surface area contributed by atoms with Gasteiger partial charge >= 0.3 is 0 Å². The standard InChI is InChI=1S/C13H13ClN2/c1-8-10-7-9(14)5-6-11(10)16-12(15-8)13(2,3)4/h1,5-7H,2-4H3. The number of halogens is 1. The summed E-state index contributed by atoms with van der Waals surface area (Å²) in [6.07, 6.45) is 0. The van der Waals surface area contributed by atoms with Crippen molar-refractivity contribution >= 4 is 22.5 Å². The molecule has 1 aromatic carbocycles. The summed E-state index contributed by atoms with van der Waals surface area (Å²) in [7, 11) is 0. The summed E-state index contributed by atoms with van der Waals surface area (Å²) in [6, 6.07) is 5.46. The highest BCUT2D eigenvalue weighted by Gasteiger charge is 2.18. The lowest BCUT2D eigenvalue weighted by molar-refractivity contribution is 0.547. The molecule has 0 atom stereocenters. The second-order valence-electron chi connectivity index (χ2n) is 4.84. The van der Waals surface area contributed by atoms with Crippen molar-refractivity contribution in [2.75, 3.05) is 0 Å². The van der Waals surface area contributed by atoms with Gasteiger partial charge in [-0.2, -0.15) is 0 Å². The van der Waals surface area contributed by atoms with E-state index in [9.17, 15) is 0 Å². The molecule has 0 fully saturated rings. The highest BCUT2D eigenvalue weighted by molar-refractivity contribution is 6.31. The molecule has 2 rings (SSSR count). The molecule has 1 aromatic heterocycles. The number of rotatable bonds is 0. The van der Waals surface area contributed by atoms with Crippen LogP contribution in [0.1, 0.15) is 32.3 Å². The molecule has 82 valence electrons. The monoisotopic (exact) mass is 232 g/mol. The smallest absolute Gasteiger partial charge is 0.134 e. The molecule has 0 aliphatic rings. The summed E-state index contributed by atoms with van der Waals surface area (Å²) in [6.45, 7) is 12.1. The highest BCUT2D eigenvalue weighted by Crippen LogP contribution is 2.24. The lowest BCUT2D eigenvalue weighted by atomic mass is 9.95. The Bertz CT molecular complexity index is 541. The van der Waals surface area contributed by atoms with E-state index in [1.807, 2.05) is 12.1 Å². The topological polar surface area (TPSA) is 25.8 Å². The molecule has 0 saturated carbocycles. The maximum atomic E-state index is 5.91. The van der Waals surface area contributed by atoms with Gasteiger partial charge in [-0.05, 0) is 18.2 Å². The van der Waals surface area contributed by atoms with E-state index in [0.29, 0.717) is 10.7 Å². The van der Waals surface area contributed by atoms with Crippen LogP contribution >= 0.6 is 11.6 Å². The summed E-state index contributed by atoms with van der Waals surface area (Å²) in [4.78, 5) is 8.82. The molecule has 0 aliphatic heterocycles. The minimum atomic E-state index is -0.109. The van der Waals surface area contributed by atoms with E-state index < -0.39 is 0 Å². The van der Waals surface area contributed by atoms with Crippen molar-refractivity contribution in [1.29, 1.82) is 0 Å². The summed E-state index contributed by atoms with van der Waals surface area (Å²) >= 11 is 5.91. The number of fused-ring (bicyclic) bond motifs is 1. The van der Waals surface area contributed by atoms with E-state index in [1.165, 1.54) is 0 Å². The Balaban J connectivity index is 2.74. The van der Waals surface area contributed by atoms with Crippen molar-refractivity contribution in [2.45, 2.75) is 26.2 Å². The second-order valence-corrected chi connectivity index (χ2v) is 5.28. The van der Waals surface area contributed by atoms with Gasteiger partial charge in [-0.1, -0.05) is 32.4 Å². The number of benzene rings is 1. The summed E-state index contributed by atoms with van der Waals surface area (Å²) in [5.41, 5.74) is 1.21. The van der Waals surface area contributed by atoms with E-state index in [-0.39, 0.29) is 5.41 Å². The predicted molar refractivity (Wildman–Crippen MR) is 66.7 cm³/mol. The third-order valence-electron chi connectivity index (χ3n) is 2.36. The van der Waals surface area contributed by atoms with E-state index in [4.69, 9.17) is 18.5 Å². The number of nitrogens with zero attached hydrogens (tertiary/aromatic N) is 2. The summed E-state index contributed by atoms with van der Waals surface area (Å²) in [5.74, 6) is 0.750. The Morgan fingerprint density at radius 2 is 1.88 bits per heavy atom. The Labute approximate surface area is 101 Å². The zero-order valence-electron chi connectivity index (χ0n) is 9.58. The van der Waals surface area contributed by atoms with E-state index in [2.05, 4.69) is 30.7 Å². The van der Waals surface area contributed by atoms with Gasteiger partial charge in [0.15, 0.2) is 0 Å². The molecule has 0 aliphatic carbocycles. The van der Waals surface area contributed by atoms with Gasteiger partial charge in [0.05, 0.1) is 11.2 Å². The Kier molecular flexibility index (Phi) is 2.62. The van der Waals surface area contributed by atoms with Crippen molar-refractivity contribution in [1.82, 2.24) is 9.97 Å². The molecule has 0 saturated heterocycles. The zero-order chi connectivity index (χ0) is 11.9. The van der Waals surface area contributed by atoms with Gasteiger partial charge in [-0.3, -0.25) is 0 Å². The zero-order valence-corrected chi connectivity index (χ0v) is 10.3. The Morgan fingerprint density at radius 1 is 1.19 bits per heavy atom. The molecular weight excluding hydrogens is 220 g/mol. The Morgan fingerprint density at radius 3 is 2.50 bits per heavy atom. The maximum Gasteiger partial charge on any atom is 0.134 e. The van der Waals surface area contributed by atoms with Gasteiger partial charge in [0.2, 0.25) is 0 Å². The van der Waals surface area contributed by atoms with Crippen molar-refractivity contribution in [2.24, 2.45) is 0 Å². The van der Waals surface area contributed by atoms with Crippen LogP contribution in [0.3, 0.4) is 0 Å².